The number of carbonyl (C=O) groups excluding carboxylic acids is 2. The van der Waals surface area contributed by atoms with Crippen LogP contribution in [0.1, 0.15) is 51.2 Å². The highest BCUT2D eigenvalue weighted by Crippen LogP contribution is 2.43. The normalized spacial score (nSPS) is 22.4. The lowest BCUT2D eigenvalue weighted by Crippen LogP contribution is -2.44. The maximum absolute atomic E-state index is 12.5. The molecule has 0 unspecified atom stereocenters. The van der Waals surface area contributed by atoms with Crippen LogP contribution in [0.4, 0.5) is 0 Å². The van der Waals surface area contributed by atoms with Gasteiger partial charge in [0.1, 0.15) is 6.10 Å². The van der Waals surface area contributed by atoms with Crippen LogP contribution in [0.3, 0.4) is 0 Å². The first-order chi connectivity index (χ1) is 13.9. The predicted molar refractivity (Wildman–Crippen MR) is 114 cm³/mol. The highest BCUT2D eigenvalue weighted by atomic mass is 16.5. The van der Waals surface area contributed by atoms with E-state index in [-0.39, 0.29) is 17.4 Å². The van der Waals surface area contributed by atoms with E-state index in [1.54, 1.807) is 24.5 Å². The molecule has 0 amide bonds. The molecule has 4 heteroatoms. The summed E-state index contributed by atoms with van der Waals surface area (Å²) in [7, 11) is 0. The van der Waals surface area contributed by atoms with Gasteiger partial charge in [-0.05, 0) is 53.5 Å². The Morgan fingerprint density at radius 2 is 1.86 bits per heavy atom. The van der Waals surface area contributed by atoms with Gasteiger partial charge < -0.3 is 4.74 Å². The van der Waals surface area contributed by atoms with Gasteiger partial charge in [-0.25, -0.2) is 4.79 Å². The van der Waals surface area contributed by atoms with Crippen molar-refractivity contribution >= 4 is 17.8 Å². The van der Waals surface area contributed by atoms with E-state index in [0.717, 1.165) is 24.8 Å². The maximum atomic E-state index is 12.5. The molecule has 0 bridgehead atoms. The van der Waals surface area contributed by atoms with Crippen LogP contribution < -0.4 is 0 Å². The lowest BCUT2D eigenvalue weighted by molar-refractivity contribution is -0.161. The highest BCUT2D eigenvalue weighted by Gasteiger charge is 2.42. The van der Waals surface area contributed by atoms with Crippen LogP contribution in [0.15, 0.2) is 60.9 Å². The molecule has 29 heavy (non-hydrogen) atoms. The number of ketones is 1. The fourth-order valence-electron chi connectivity index (χ4n) is 4.28. The third-order valence-corrected chi connectivity index (χ3v) is 6.07. The first kappa shape index (κ1) is 21.0. The summed E-state index contributed by atoms with van der Waals surface area (Å²) in [6.45, 7) is 6.58. The Morgan fingerprint density at radius 1 is 1.10 bits per heavy atom. The molecule has 2 aromatic rings. The Labute approximate surface area is 173 Å². The molecular weight excluding hydrogens is 362 g/mol. The minimum Gasteiger partial charge on any atom is -0.456 e. The fraction of sp³-hybridized carbons (Fsp3) is 0.400. The summed E-state index contributed by atoms with van der Waals surface area (Å²) < 4.78 is 5.78. The van der Waals surface area contributed by atoms with E-state index in [1.165, 1.54) is 11.6 Å². The third-order valence-electron chi connectivity index (χ3n) is 6.07. The number of rotatable bonds is 6. The predicted octanol–water partition coefficient (Wildman–Crippen LogP) is 4.99. The van der Waals surface area contributed by atoms with Crippen molar-refractivity contribution in [2.24, 2.45) is 11.8 Å². The van der Waals surface area contributed by atoms with Crippen molar-refractivity contribution in [1.29, 1.82) is 0 Å². The van der Waals surface area contributed by atoms with E-state index in [1.807, 2.05) is 24.3 Å². The van der Waals surface area contributed by atoms with Gasteiger partial charge in [-0.1, -0.05) is 63.6 Å². The maximum Gasteiger partial charge on any atom is 0.379 e. The van der Waals surface area contributed by atoms with Crippen molar-refractivity contribution in [3.05, 3.63) is 72.1 Å². The number of esters is 1. The van der Waals surface area contributed by atoms with Gasteiger partial charge in [0.25, 0.3) is 5.78 Å². The van der Waals surface area contributed by atoms with Crippen molar-refractivity contribution in [2.45, 2.75) is 51.6 Å². The average Bonchev–Trinajstić information content (AvgIpc) is 2.73. The molecule has 3 rings (SSSR count). The summed E-state index contributed by atoms with van der Waals surface area (Å²) in [5.41, 5.74) is 1.84. The summed E-state index contributed by atoms with van der Waals surface area (Å²) >= 11 is 0. The van der Waals surface area contributed by atoms with Crippen LogP contribution in [0.25, 0.3) is 6.08 Å². The van der Waals surface area contributed by atoms with Crippen molar-refractivity contribution in [3.63, 3.8) is 0 Å². The van der Waals surface area contributed by atoms with Gasteiger partial charge in [0.2, 0.25) is 0 Å². The number of hydrogen-bond donors (Lipinski definition) is 0. The Morgan fingerprint density at radius 3 is 2.55 bits per heavy atom. The first-order valence-electron chi connectivity index (χ1n) is 10.3. The van der Waals surface area contributed by atoms with Gasteiger partial charge in [-0.3, -0.25) is 9.78 Å². The van der Waals surface area contributed by atoms with E-state index < -0.39 is 11.8 Å². The van der Waals surface area contributed by atoms with Gasteiger partial charge in [-0.15, -0.1) is 0 Å². The van der Waals surface area contributed by atoms with Crippen LogP contribution in [0, 0.1) is 11.8 Å². The van der Waals surface area contributed by atoms with Crippen LogP contribution in [0.5, 0.6) is 0 Å². The van der Waals surface area contributed by atoms with Crippen molar-refractivity contribution in [2.75, 3.05) is 0 Å². The van der Waals surface area contributed by atoms with Crippen LogP contribution in [0.2, 0.25) is 0 Å². The SMILES string of the molecule is C[C@@H]1CC[C@@H](C(C)(C)c2ccccc2)[C@H](OC(=O)C(=O)C=Cc2cccnc2)C1. The lowest BCUT2D eigenvalue weighted by atomic mass is 9.64. The van der Waals surface area contributed by atoms with Crippen molar-refractivity contribution in [3.8, 4) is 0 Å². The van der Waals surface area contributed by atoms with E-state index in [0.29, 0.717) is 5.92 Å². The number of pyridine rings is 1. The molecule has 0 saturated heterocycles. The van der Waals surface area contributed by atoms with E-state index >= 15 is 0 Å². The van der Waals surface area contributed by atoms with Crippen LogP contribution >= 0.6 is 0 Å². The Kier molecular flexibility index (Phi) is 6.63. The third kappa shape index (κ3) is 5.20. The van der Waals surface area contributed by atoms with Gasteiger partial charge >= 0.3 is 5.97 Å². The van der Waals surface area contributed by atoms with Crippen LogP contribution in [-0.2, 0) is 19.7 Å². The molecule has 0 N–H and O–H groups in total. The number of ether oxygens (including phenoxy) is 1. The lowest BCUT2D eigenvalue weighted by Gasteiger charge is -2.43. The summed E-state index contributed by atoms with van der Waals surface area (Å²) in [6.07, 6.45) is 8.74. The van der Waals surface area contributed by atoms with E-state index in [4.69, 9.17) is 4.74 Å². The number of hydrogen-bond acceptors (Lipinski definition) is 4. The molecule has 1 aromatic heterocycles. The minimum atomic E-state index is -0.780. The topological polar surface area (TPSA) is 56.3 Å². The summed E-state index contributed by atoms with van der Waals surface area (Å²) in [6, 6.07) is 13.9. The summed E-state index contributed by atoms with van der Waals surface area (Å²) in [5, 5.41) is 0. The molecule has 1 saturated carbocycles. The highest BCUT2D eigenvalue weighted by molar-refractivity contribution is 6.39. The number of nitrogens with zero attached hydrogens (tertiary/aromatic N) is 1. The average molecular weight is 392 g/mol. The van der Waals surface area contributed by atoms with Crippen LogP contribution in [-0.4, -0.2) is 22.8 Å². The Bertz CT molecular complexity index is 858. The number of aromatic nitrogens is 1. The van der Waals surface area contributed by atoms with Gasteiger partial charge in [0.15, 0.2) is 0 Å². The summed E-state index contributed by atoms with van der Waals surface area (Å²) in [4.78, 5) is 28.8. The smallest absolute Gasteiger partial charge is 0.379 e. The molecule has 1 heterocycles. The zero-order chi connectivity index (χ0) is 20.9. The van der Waals surface area contributed by atoms with Crippen molar-refractivity contribution < 1.29 is 14.3 Å². The molecule has 0 spiro atoms. The van der Waals surface area contributed by atoms with Gasteiger partial charge in [-0.2, -0.15) is 0 Å². The fourth-order valence-corrected chi connectivity index (χ4v) is 4.28. The zero-order valence-corrected chi connectivity index (χ0v) is 17.4. The molecule has 1 aromatic carbocycles. The molecule has 1 fully saturated rings. The molecule has 0 aliphatic heterocycles. The Hall–Kier alpha value is -2.75. The summed E-state index contributed by atoms with van der Waals surface area (Å²) in [5.74, 6) is -0.779. The van der Waals surface area contributed by atoms with E-state index in [2.05, 4.69) is 37.9 Å². The second kappa shape index (κ2) is 9.17. The molecule has 1 aliphatic rings. The first-order valence-corrected chi connectivity index (χ1v) is 10.3. The minimum absolute atomic E-state index is 0.152. The molecular formula is C25H29NO3. The second-order valence-corrected chi connectivity index (χ2v) is 8.54. The number of carbonyl (C=O) groups is 2. The van der Waals surface area contributed by atoms with Crippen molar-refractivity contribution in [1.82, 2.24) is 4.98 Å². The standard InChI is InChI=1S/C25H29NO3/c1-18-11-13-21(25(2,3)20-9-5-4-6-10-20)23(16-18)29-24(28)22(27)14-12-19-8-7-15-26-17-19/h4-10,12,14-15,17-18,21,23H,11,13,16H2,1-3H3/t18-,21-,23-/m1/s1. The molecule has 4 nitrogen and oxygen atoms in total. The van der Waals surface area contributed by atoms with Gasteiger partial charge in [0, 0.05) is 18.3 Å². The molecule has 152 valence electrons. The molecule has 0 radical (unpaired) electrons. The number of benzene rings is 1. The quantitative estimate of drug-likeness (QED) is 0.395. The monoisotopic (exact) mass is 391 g/mol. The largest absolute Gasteiger partial charge is 0.456 e. The van der Waals surface area contributed by atoms with E-state index in [9.17, 15) is 9.59 Å². The Balaban J connectivity index is 1.73. The van der Waals surface area contributed by atoms with Gasteiger partial charge in [0.05, 0.1) is 0 Å². The zero-order valence-electron chi connectivity index (χ0n) is 17.4. The second-order valence-electron chi connectivity index (χ2n) is 8.54. The molecule has 1 aliphatic carbocycles. The molecule has 3 atom stereocenters.